The molecule has 0 radical (unpaired) electrons. The number of unbranched alkanes of at least 4 members (excludes halogenated alkanes) is 2. The lowest BCUT2D eigenvalue weighted by atomic mass is 10.1. The van der Waals surface area contributed by atoms with Crippen molar-refractivity contribution in [1.29, 1.82) is 0 Å². The fourth-order valence-corrected chi connectivity index (χ4v) is 2.29. The summed E-state index contributed by atoms with van der Waals surface area (Å²) in [6.45, 7) is 3.51. The molecule has 0 heterocycles. The molecule has 0 aliphatic rings. The molecule has 0 bridgehead atoms. The van der Waals surface area contributed by atoms with Crippen LogP contribution in [-0.4, -0.2) is 11.9 Å². The van der Waals surface area contributed by atoms with Gasteiger partial charge in [-0.3, -0.25) is 4.79 Å². The van der Waals surface area contributed by atoms with Crippen LogP contribution in [0.15, 0.2) is 48.5 Å². The van der Waals surface area contributed by atoms with Crippen molar-refractivity contribution >= 4 is 11.9 Å². The summed E-state index contributed by atoms with van der Waals surface area (Å²) >= 11 is 0. The minimum absolute atomic E-state index is 0.399. The lowest BCUT2D eigenvalue weighted by Crippen LogP contribution is -2.08. The topological polar surface area (TPSA) is 52.6 Å². The first-order chi connectivity index (χ1) is 11.6. The Bertz CT molecular complexity index is 672. The molecule has 2 aromatic rings. The maximum absolute atomic E-state index is 12.1. The molecule has 0 unspecified atom stereocenters. The van der Waals surface area contributed by atoms with Gasteiger partial charge in [0.15, 0.2) is 0 Å². The molecule has 4 heteroatoms. The number of hydrogen-bond donors (Lipinski definition) is 0. The highest BCUT2D eigenvalue weighted by molar-refractivity contribution is 5.91. The summed E-state index contributed by atoms with van der Waals surface area (Å²) in [7, 11) is 0. The Morgan fingerprint density at radius 1 is 0.833 bits per heavy atom. The lowest BCUT2D eigenvalue weighted by molar-refractivity contribution is -0.131. The predicted molar refractivity (Wildman–Crippen MR) is 92.4 cm³/mol. The van der Waals surface area contributed by atoms with Crippen molar-refractivity contribution in [2.24, 2.45) is 0 Å². The number of esters is 2. The van der Waals surface area contributed by atoms with Gasteiger partial charge in [-0.1, -0.05) is 31.9 Å². The van der Waals surface area contributed by atoms with Crippen LogP contribution in [0.1, 0.15) is 49.0 Å². The second-order valence-electron chi connectivity index (χ2n) is 5.61. The van der Waals surface area contributed by atoms with E-state index < -0.39 is 11.9 Å². The van der Waals surface area contributed by atoms with E-state index in [1.54, 1.807) is 24.3 Å². The molecule has 24 heavy (non-hydrogen) atoms. The van der Waals surface area contributed by atoms with Crippen LogP contribution in [-0.2, 0) is 11.2 Å². The highest BCUT2D eigenvalue weighted by atomic mass is 16.5. The number of aryl methyl sites for hydroxylation is 1. The van der Waals surface area contributed by atoms with Crippen molar-refractivity contribution in [3.05, 3.63) is 59.7 Å². The third-order valence-electron chi connectivity index (χ3n) is 3.55. The van der Waals surface area contributed by atoms with Crippen molar-refractivity contribution in [3.63, 3.8) is 0 Å². The molecule has 0 fully saturated rings. The van der Waals surface area contributed by atoms with E-state index in [1.807, 2.05) is 24.3 Å². The van der Waals surface area contributed by atoms with Crippen LogP contribution in [0.25, 0.3) is 0 Å². The Balaban J connectivity index is 1.92. The van der Waals surface area contributed by atoms with Gasteiger partial charge in [0, 0.05) is 6.92 Å². The SMILES string of the molecule is CCCCCc1ccc(OC(=O)c2ccc(OC(C)=O)cc2)cc1. The molecule has 0 aliphatic heterocycles. The second kappa shape index (κ2) is 8.87. The number of benzene rings is 2. The van der Waals surface area contributed by atoms with Crippen LogP contribution in [0, 0.1) is 0 Å². The average Bonchev–Trinajstić information content (AvgIpc) is 2.57. The first-order valence-corrected chi connectivity index (χ1v) is 8.18. The quantitative estimate of drug-likeness (QED) is 0.425. The molecule has 0 aliphatic carbocycles. The van der Waals surface area contributed by atoms with Crippen molar-refractivity contribution in [2.45, 2.75) is 39.5 Å². The largest absolute Gasteiger partial charge is 0.427 e. The van der Waals surface area contributed by atoms with Gasteiger partial charge in [0.05, 0.1) is 5.56 Å². The van der Waals surface area contributed by atoms with Gasteiger partial charge in [-0.15, -0.1) is 0 Å². The molecule has 0 saturated carbocycles. The van der Waals surface area contributed by atoms with Crippen LogP contribution in [0.4, 0.5) is 0 Å². The first-order valence-electron chi connectivity index (χ1n) is 8.18. The molecule has 0 aromatic heterocycles. The highest BCUT2D eigenvalue weighted by Gasteiger charge is 2.09. The summed E-state index contributed by atoms with van der Waals surface area (Å²) in [5.74, 6) is 0.0752. The monoisotopic (exact) mass is 326 g/mol. The van der Waals surface area contributed by atoms with Crippen LogP contribution in [0.3, 0.4) is 0 Å². The maximum Gasteiger partial charge on any atom is 0.343 e. The first kappa shape index (κ1) is 17.7. The van der Waals surface area contributed by atoms with Gasteiger partial charge >= 0.3 is 11.9 Å². The number of rotatable bonds is 7. The maximum atomic E-state index is 12.1. The smallest absolute Gasteiger partial charge is 0.343 e. The van der Waals surface area contributed by atoms with Gasteiger partial charge in [-0.2, -0.15) is 0 Å². The van der Waals surface area contributed by atoms with Gasteiger partial charge in [-0.25, -0.2) is 4.79 Å². The minimum atomic E-state index is -0.442. The minimum Gasteiger partial charge on any atom is -0.427 e. The number of ether oxygens (including phenoxy) is 2. The Kier molecular flexibility index (Phi) is 6.55. The highest BCUT2D eigenvalue weighted by Crippen LogP contribution is 2.17. The number of hydrogen-bond acceptors (Lipinski definition) is 4. The van der Waals surface area contributed by atoms with E-state index >= 15 is 0 Å². The molecule has 0 atom stereocenters. The summed E-state index contributed by atoms with van der Waals surface area (Å²) < 4.78 is 10.3. The molecular weight excluding hydrogens is 304 g/mol. The summed E-state index contributed by atoms with van der Waals surface area (Å²) in [6, 6.07) is 13.9. The van der Waals surface area contributed by atoms with Gasteiger partial charge in [0.25, 0.3) is 0 Å². The number of carbonyl (C=O) groups is 2. The molecule has 2 rings (SSSR count). The van der Waals surface area contributed by atoms with Gasteiger partial charge in [0.2, 0.25) is 0 Å². The predicted octanol–water partition coefficient (Wildman–Crippen LogP) is 4.56. The molecule has 4 nitrogen and oxygen atoms in total. The Labute approximate surface area is 142 Å². The molecule has 0 saturated heterocycles. The summed E-state index contributed by atoms with van der Waals surface area (Å²) in [5, 5.41) is 0. The summed E-state index contributed by atoms with van der Waals surface area (Å²) in [4.78, 5) is 23.0. The van der Waals surface area contributed by atoms with Crippen molar-refractivity contribution in [3.8, 4) is 11.5 Å². The molecule has 0 spiro atoms. The van der Waals surface area contributed by atoms with E-state index in [0.717, 1.165) is 6.42 Å². The Hall–Kier alpha value is -2.62. The Morgan fingerprint density at radius 3 is 2.00 bits per heavy atom. The van der Waals surface area contributed by atoms with E-state index in [2.05, 4.69) is 6.92 Å². The average molecular weight is 326 g/mol. The van der Waals surface area contributed by atoms with Gasteiger partial charge in [0.1, 0.15) is 11.5 Å². The van der Waals surface area contributed by atoms with Crippen LogP contribution in [0.2, 0.25) is 0 Å². The molecule has 0 amide bonds. The molecule has 0 N–H and O–H groups in total. The van der Waals surface area contributed by atoms with Crippen molar-refractivity contribution in [2.75, 3.05) is 0 Å². The molecule has 126 valence electrons. The Morgan fingerprint density at radius 2 is 1.42 bits per heavy atom. The summed E-state index contributed by atoms with van der Waals surface area (Å²) in [6.07, 6.45) is 4.63. The summed E-state index contributed by atoms with van der Waals surface area (Å²) in [5.41, 5.74) is 1.65. The lowest BCUT2D eigenvalue weighted by Gasteiger charge is -2.07. The third kappa shape index (κ3) is 5.54. The fourth-order valence-electron chi connectivity index (χ4n) is 2.29. The molecular formula is C20H22O4. The number of carbonyl (C=O) groups excluding carboxylic acids is 2. The van der Waals surface area contributed by atoms with Gasteiger partial charge in [-0.05, 0) is 54.8 Å². The normalized spacial score (nSPS) is 10.2. The van der Waals surface area contributed by atoms with Gasteiger partial charge < -0.3 is 9.47 Å². The van der Waals surface area contributed by atoms with Crippen molar-refractivity contribution < 1.29 is 19.1 Å². The molecule has 2 aromatic carbocycles. The van der Waals surface area contributed by atoms with Crippen LogP contribution < -0.4 is 9.47 Å². The van der Waals surface area contributed by atoms with Crippen LogP contribution in [0.5, 0.6) is 11.5 Å². The van der Waals surface area contributed by atoms with Crippen LogP contribution >= 0.6 is 0 Å². The van der Waals surface area contributed by atoms with E-state index in [4.69, 9.17) is 9.47 Å². The zero-order chi connectivity index (χ0) is 17.4. The fraction of sp³-hybridized carbons (Fsp3) is 0.300. The van der Waals surface area contributed by atoms with E-state index in [1.165, 1.54) is 31.7 Å². The van der Waals surface area contributed by atoms with E-state index in [-0.39, 0.29) is 0 Å². The van der Waals surface area contributed by atoms with E-state index in [9.17, 15) is 9.59 Å². The second-order valence-corrected chi connectivity index (χ2v) is 5.61. The third-order valence-corrected chi connectivity index (χ3v) is 3.55. The zero-order valence-electron chi connectivity index (χ0n) is 14.1. The van der Waals surface area contributed by atoms with E-state index in [0.29, 0.717) is 17.1 Å². The standard InChI is InChI=1S/C20H22O4/c1-3-4-5-6-16-7-11-19(12-8-16)24-20(22)17-9-13-18(14-10-17)23-15(2)21/h7-14H,3-6H2,1-2H3. The van der Waals surface area contributed by atoms with Crippen molar-refractivity contribution in [1.82, 2.24) is 0 Å². The zero-order valence-corrected chi connectivity index (χ0v) is 14.1.